The van der Waals surface area contributed by atoms with E-state index >= 15 is 0 Å². The van der Waals surface area contributed by atoms with Crippen LogP contribution in [0.3, 0.4) is 0 Å². The van der Waals surface area contributed by atoms with Crippen molar-refractivity contribution in [2.24, 2.45) is 0 Å². The summed E-state index contributed by atoms with van der Waals surface area (Å²) in [4.78, 5) is 26.7. The van der Waals surface area contributed by atoms with Gasteiger partial charge in [-0.15, -0.1) is 0 Å². The van der Waals surface area contributed by atoms with Crippen molar-refractivity contribution in [2.75, 3.05) is 13.2 Å². The summed E-state index contributed by atoms with van der Waals surface area (Å²) in [5.41, 5.74) is -0.887. The molecule has 0 bridgehead atoms. The van der Waals surface area contributed by atoms with Crippen molar-refractivity contribution in [2.45, 2.75) is 45.6 Å². The number of halogens is 1. The fourth-order valence-electron chi connectivity index (χ4n) is 2.07. The first-order valence-corrected chi connectivity index (χ1v) is 14.4. The quantitative estimate of drug-likeness (QED) is 0.415. The Morgan fingerprint density at radius 1 is 1.14 bits per heavy atom. The zero-order valence-corrected chi connectivity index (χ0v) is 21.2. The molecule has 9 heteroatoms. The molecule has 28 heavy (non-hydrogen) atoms. The van der Waals surface area contributed by atoms with Crippen LogP contribution in [0.5, 0.6) is 0 Å². The predicted octanol–water partition coefficient (Wildman–Crippen LogP) is 1.95. The third kappa shape index (κ3) is 6.02. The average Bonchev–Trinajstić information content (AvgIpc) is 2.61. The summed E-state index contributed by atoms with van der Waals surface area (Å²) in [7, 11) is -1.82. The maximum absolute atomic E-state index is 12.3. The van der Waals surface area contributed by atoms with Crippen molar-refractivity contribution >= 4 is 48.3 Å². The van der Waals surface area contributed by atoms with Gasteiger partial charge in [-0.25, -0.2) is 0 Å². The summed E-state index contributed by atoms with van der Waals surface area (Å²) >= 11 is 3.12. The first kappa shape index (κ1) is 23.3. The number of ether oxygens (including phenoxy) is 1. The number of H-pyrrole nitrogens is 1. The summed E-state index contributed by atoms with van der Waals surface area (Å²) in [6.45, 7) is 11.9. The fraction of sp³-hybridized carbons (Fsp3) is 0.474. The Morgan fingerprint density at radius 3 is 2.39 bits per heavy atom. The predicted molar refractivity (Wildman–Crippen MR) is 120 cm³/mol. The summed E-state index contributed by atoms with van der Waals surface area (Å²) in [6, 6.07) is 9.78. The van der Waals surface area contributed by atoms with Crippen molar-refractivity contribution in [1.82, 2.24) is 9.55 Å². The number of hydrogen-bond acceptors (Lipinski definition) is 4. The van der Waals surface area contributed by atoms with Crippen LogP contribution in [-0.2, 0) is 15.9 Å². The Bertz CT molecular complexity index is 907. The van der Waals surface area contributed by atoms with Crippen LogP contribution in [0.15, 0.2) is 44.4 Å². The van der Waals surface area contributed by atoms with E-state index in [-0.39, 0.29) is 26.7 Å². The van der Waals surface area contributed by atoms with Crippen molar-refractivity contribution < 1.29 is 9.16 Å². The number of rotatable bonds is 8. The molecule has 2 aromatic rings. The summed E-state index contributed by atoms with van der Waals surface area (Å²) in [5.74, 6) is 0. The molecule has 0 fully saturated rings. The maximum atomic E-state index is 12.3. The van der Waals surface area contributed by atoms with Gasteiger partial charge in [-0.3, -0.25) is 0 Å². The van der Waals surface area contributed by atoms with E-state index in [0.717, 1.165) is 4.46 Å². The molecule has 0 aliphatic heterocycles. The van der Waals surface area contributed by atoms with E-state index in [0.29, 0.717) is 22.3 Å². The van der Waals surface area contributed by atoms with Gasteiger partial charge in [0.1, 0.15) is 0 Å². The van der Waals surface area contributed by atoms with Gasteiger partial charge < -0.3 is 0 Å². The first-order valence-electron chi connectivity index (χ1n) is 9.00. The second-order valence-corrected chi connectivity index (χ2v) is 15.7. The van der Waals surface area contributed by atoms with Gasteiger partial charge in [0.2, 0.25) is 0 Å². The molecule has 154 valence electrons. The summed E-state index contributed by atoms with van der Waals surface area (Å²) < 4.78 is 15.4. The molecule has 0 saturated heterocycles. The SMILES string of the molecule is CC(C)(C)[Si](C)(C)OCCOCn1c([Se]c2ccccc2)c(Br)c(=O)[nH]c1=O. The van der Waals surface area contributed by atoms with E-state index in [9.17, 15) is 9.59 Å². The molecule has 0 spiro atoms. The van der Waals surface area contributed by atoms with Gasteiger partial charge >= 0.3 is 181 Å². The van der Waals surface area contributed by atoms with Crippen molar-refractivity contribution in [1.29, 1.82) is 0 Å². The molecular formula is C19H27BrN2O4SeSi. The van der Waals surface area contributed by atoms with Gasteiger partial charge in [-0.2, -0.15) is 0 Å². The second-order valence-electron chi connectivity index (χ2n) is 7.87. The number of hydrogen-bond donors (Lipinski definition) is 1. The molecule has 0 unspecified atom stereocenters. The van der Waals surface area contributed by atoms with Crippen LogP contribution in [0.1, 0.15) is 20.8 Å². The Labute approximate surface area is 181 Å². The molecule has 1 N–H and O–H groups in total. The molecule has 0 aliphatic rings. The van der Waals surface area contributed by atoms with Crippen LogP contribution in [0.2, 0.25) is 18.1 Å². The van der Waals surface area contributed by atoms with Crippen LogP contribution in [-0.4, -0.2) is 46.0 Å². The van der Waals surface area contributed by atoms with Gasteiger partial charge in [0.25, 0.3) is 0 Å². The number of aromatic amines is 1. The van der Waals surface area contributed by atoms with Gasteiger partial charge in [-0.1, -0.05) is 0 Å². The Kier molecular flexibility index (Phi) is 8.07. The van der Waals surface area contributed by atoms with Crippen molar-refractivity contribution in [3.8, 4) is 0 Å². The molecule has 0 radical (unpaired) electrons. The van der Waals surface area contributed by atoms with Crippen molar-refractivity contribution in [3.05, 3.63) is 55.6 Å². The van der Waals surface area contributed by atoms with Gasteiger partial charge in [0.05, 0.1) is 0 Å². The molecular weight excluding hydrogens is 507 g/mol. The van der Waals surface area contributed by atoms with Gasteiger partial charge in [0, 0.05) is 0 Å². The number of benzene rings is 1. The molecule has 0 amide bonds. The van der Waals surface area contributed by atoms with Crippen molar-refractivity contribution in [3.63, 3.8) is 0 Å². The number of nitrogens with zero attached hydrogens (tertiary/aromatic N) is 1. The minimum atomic E-state index is -1.82. The molecule has 1 heterocycles. The van der Waals surface area contributed by atoms with Crippen LogP contribution in [0.25, 0.3) is 0 Å². The van der Waals surface area contributed by atoms with E-state index in [4.69, 9.17) is 9.16 Å². The van der Waals surface area contributed by atoms with Gasteiger partial charge in [0.15, 0.2) is 0 Å². The van der Waals surface area contributed by atoms with Crippen LogP contribution < -0.4 is 20.3 Å². The Hall–Kier alpha value is -0.964. The van der Waals surface area contributed by atoms with Crippen LogP contribution >= 0.6 is 15.9 Å². The van der Waals surface area contributed by atoms with Gasteiger partial charge in [-0.05, 0) is 0 Å². The van der Waals surface area contributed by atoms with Crippen LogP contribution in [0.4, 0.5) is 0 Å². The van der Waals surface area contributed by atoms with E-state index < -0.39 is 19.6 Å². The number of aromatic nitrogens is 2. The van der Waals surface area contributed by atoms with E-state index in [1.165, 1.54) is 4.57 Å². The molecule has 0 atom stereocenters. The summed E-state index contributed by atoms with van der Waals surface area (Å²) in [6.07, 6.45) is 0. The normalized spacial score (nSPS) is 12.4. The standard InChI is InChI=1S/C19H27BrN2O4SeSi/c1-19(2,3)28(4,5)26-12-11-25-13-22-17(15(20)16(23)21-18(22)24)27-14-9-7-6-8-10-14/h6-10H,11-13H2,1-5H3,(H,21,23,24). The molecule has 6 nitrogen and oxygen atoms in total. The fourth-order valence-corrected chi connectivity index (χ4v) is 5.81. The minimum absolute atomic E-state index is 0.0684. The van der Waals surface area contributed by atoms with Crippen LogP contribution in [0, 0.1) is 0 Å². The monoisotopic (exact) mass is 534 g/mol. The molecule has 0 saturated carbocycles. The second kappa shape index (κ2) is 9.69. The van der Waals surface area contributed by atoms with E-state index in [1.807, 2.05) is 30.3 Å². The summed E-state index contributed by atoms with van der Waals surface area (Å²) in [5, 5.41) is 0.138. The average molecular weight is 534 g/mol. The van der Waals surface area contributed by atoms with E-state index in [1.54, 1.807) is 0 Å². The third-order valence-corrected chi connectivity index (χ3v) is 13.0. The zero-order valence-electron chi connectivity index (χ0n) is 16.9. The molecule has 2 rings (SSSR count). The Balaban J connectivity index is 2.08. The molecule has 1 aromatic heterocycles. The Morgan fingerprint density at radius 2 is 1.79 bits per heavy atom. The van der Waals surface area contributed by atoms with E-state index in [2.05, 4.69) is 54.8 Å². The number of nitrogens with one attached hydrogen (secondary N) is 1. The topological polar surface area (TPSA) is 73.3 Å². The molecule has 1 aromatic carbocycles. The first-order chi connectivity index (χ1) is 13.0. The molecule has 0 aliphatic carbocycles. The third-order valence-electron chi connectivity index (χ3n) is 4.77. The zero-order chi connectivity index (χ0) is 20.9.